The average Bonchev–Trinajstić information content (AvgIpc) is 2.27. The third kappa shape index (κ3) is 3.85. The predicted octanol–water partition coefficient (Wildman–Crippen LogP) is 1.58. The average molecular weight is 238 g/mol. The number of anilines is 1. The first-order valence-corrected chi connectivity index (χ1v) is 5.86. The van der Waals surface area contributed by atoms with Crippen LogP contribution < -0.4 is 10.1 Å². The van der Waals surface area contributed by atoms with Crippen LogP contribution >= 0.6 is 0 Å². The number of hydrogen-bond donors (Lipinski definition) is 1. The highest BCUT2D eigenvalue weighted by atomic mass is 16.5. The van der Waals surface area contributed by atoms with Gasteiger partial charge in [0.15, 0.2) is 0 Å². The fraction of sp³-hybridized carbons (Fsp3) is 0.667. The summed E-state index contributed by atoms with van der Waals surface area (Å²) in [6, 6.07) is 0. The van der Waals surface area contributed by atoms with E-state index < -0.39 is 0 Å². The molecule has 1 aromatic heterocycles. The third-order valence-electron chi connectivity index (χ3n) is 2.44. The zero-order chi connectivity index (χ0) is 12.8. The number of likely N-dealkylation sites (N-methyl/N-ethyl adjacent to an activating group) is 1. The monoisotopic (exact) mass is 238 g/mol. The topological polar surface area (TPSA) is 50.3 Å². The largest absolute Gasteiger partial charge is 0.476 e. The van der Waals surface area contributed by atoms with Crippen LogP contribution in [0, 0.1) is 0 Å². The summed E-state index contributed by atoms with van der Waals surface area (Å²) in [5.74, 6) is 1.85. The Morgan fingerprint density at radius 1 is 1.35 bits per heavy atom. The number of ether oxygens (including phenoxy) is 1. The van der Waals surface area contributed by atoms with Crippen LogP contribution in [-0.4, -0.2) is 49.2 Å². The Labute approximate surface area is 103 Å². The number of nitrogens with zero attached hydrogens (tertiary/aromatic N) is 3. The van der Waals surface area contributed by atoms with Gasteiger partial charge in [-0.2, -0.15) is 0 Å². The van der Waals surface area contributed by atoms with E-state index >= 15 is 0 Å². The highest BCUT2D eigenvalue weighted by Crippen LogP contribution is 2.29. The van der Waals surface area contributed by atoms with E-state index in [9.17, 15) is 0 Å². The number of aromatic nitrogens is 2. The molecule has 0 unspecified atom stereocenters. The van der Waals surface area contributed by atoms with E-state index in [0.29, 0.717) is 18.4 Å². The van der Waals surface area contributed by atoms with Crippen LogP contribution in [0.5, 0.6) is 5.88 Å². The summed E-state index contributed by atoms with van der Waals surface area (Å²) < 4.78 is 5.72. The maximum absolute atomic E-state index is 5.72. The van der Waals surface area contributed by atoms with E-state index in [-0.39, 0.29) is 0 Å². The number of rotatable bonds is 6. The normalized spacial score (nSPS) is 11.0. The molecule has 17 heavy (non-hydrogen) atoms. The van der Waals surface area contributed by atoms with Gasteiger partial charge in [-0.25, -0.2) is 9.97 Å². The Balaban J connectivity index is 2.83. The van der Waals surface area contributed by atoms with Crippen LogP contribution in [0.1, 0.15) is 25.3 Å². The minimum absolute atomic E-state index is 0.327. The molecule has 5 nitrogen and oxygen atoms in total. The van der Waals surface area contributed by atoms with Crippen molar-refractivity contribution in [3.05, 3.63) is 11.9 Å². The van der Waals surface area contributed by atoms with E-state index in [1.165, 1.54) is 6.33 Å². The van der Waals surface area contributed by atoms with Gasteiger partial charge in [-0.15, -0.1) is 0 Å². The summed E-state index contributed by atoms with van der Waals surface area (Å²) in [7, 11) is 5.90. The van der Waals surface area contributed by atoms with E-state index in [1.54, 1.807) is 0 Å². The molecular formula is C12H22N4O. The second kappa shape index (κ2) is 6.39. The molecule has 1 rings (SSSR count). The molecule has 1 N–H and O–H groups in total. The minimum Gasteiger partial charge on any atom is -0.476 e. The molecule has 0 atom stereocenters. The maximum Gasteiger partial charge on any atom is 0.222 e. The van der Waals surface area contributed by atoms with Gasteiger partial charge in [0, 0.05) is 13.6 Å². The Kier molecular flexibility index (Phi) is 5.15. The van der Waals surface area contributed by atoms with E-state index in [2.05, 4.69) is 34.0 Å². The van der Waals surface area contributed by atoms with Crippen molar-refractivity contribution >= 4 is 5.82 Å². The zero-order valence-corrected chi connectivity index (χ0v) is 11.3. The third-order valence-corrected chi connectivity index (χ3v) is 2.44. The van der Waals surface area contributed by atoms with Crippen molar-refractivity contribution in [3.63, 3.8) is 0 Å². The lowest BCUT2D eigenvalue weighted by Crippen LogP contribution is -2.20. The molecule has 0 saturated carbocycles. The Hall–Kier alpha value is -1.36. The van der Waals surface area contributed by atoms with Crippen molar-refractivity contribution in [3.8, 4) is 5.88 Å². The molecule has 0 spiro atoms. The molecule has 0 aliphatic rings. The summed E-state index contributed by atoms with van der Waals surface area (Å²) in [4.78, 5) is 10.5. The van der Waals surface area contributed by atoms with Crippen molar-refractivity contribution in [1.82, 2.24) is 14.9 Å². The SMILES string of the molecule is CNc1ncnc(OCCN(C)C)c1C(C)C. The number of nitrogens with one attached hydrogen (secondary N) is 1. The van der Waals surface area contributed by atoms with Crippen LogP contribution in [0.15, 0.2) is 6.33 Å². The molecule has 0 amide bonds. The van der Waals surface area contributed by atoms with Gasteiger partial charge in [-0.1, -0.05) is 13.8 Å². The van der Waals surface area contributed by atoms with Crippen LogP contribution in [0.3, 0.4) is 0 Å². The van der Waals surface area contributed by atoms with E-state index in [1.807, 2.05) is 21.1 Å². The molecule has 0 aliphatic heterocycles. The first kappa shape index (κ1) is 13.7. The summed E-state index contributed by atoms with van der Waals surface area (Å²) >= 11 is 0. The molecular weight excluding hydrogens is 216 g/mol. The first-order chi connectivity index (χ1) is 8.06. The smallest absolute Gasteiger partial charge is 0.222 e. The van der Waals surface area contributed by atoms with Crippen molar-refractivity contribution in [2.24, 2.45) is 0 Å². The quantitative estimate of drug-likeness (QED) is 0.815. The molecule has 96 valence electrons. The van der Waals surface area contributed by atoms with Gasteiger partial charge < -0.3 is 15.0 Å². The second-order valence-corrected chi connectivity index (χ2v) is 4.50. The van der Waals surface area contributed by atoms with Gasteiger partial charge in [0.2, 0.25) is 5.88 Å². The highest BCUT2D eigenvalue weighted by molar-refractivity contribution is 5.50. The first-order valence-electron chi connectivity index (χ1n) is 5.86. The predicted molar refractivity (Wildman–Crippen MR) is 69.7 cm³/mol. The lowest BCUT2D eigenvalue weighted by atomic mass is 10.1. The van der Waals surface area contributed by atoms with Gasteiger partial charge in [0.05, 0.1) is 5.56 Å². The van der Waals surface area contributed by atoms with Gasteiger partial charge in [-0.05, 0) is 20.0 Å². The van der Waals surface area contributed by atoms with Crippen molar-refractivity contribution < 1.29 is 4.74 Å². The molecule has 0 aliphatic carbocycles. The van der Waals surface area contributed by atoms with E-state index in [0.717, 1.165) is 17.9 Å². The number of hydrogen-bond acceptors (Lipinski definition) is 5. The zero-order valence-electron chi connectivity index (χ0n) is 11.3. The van der Waals surface area contributed by atoms with Crippen LogP contribution in [0.2, 0.25) is 0 Å². The molecule has 0 radical (unpaired) electrons. The highest BCUT2D eigenvalue weighted by Gasteiger charge is 2.15. The molecule has 0 fully saturated rings. The van der Waals surface area contributed by atoms with Crippen LogP contribution in [0.4, 0.5) is 5.82 Å². The van der Waals surface area contributed by atoms with Gasteiger partial charge in [0.25, 0.3) is 0 Å². The lowest BCUT2D eigenvalue weighted by Gasteiger charge is -2.16. The van der Waals surface area contributed by atoms with Crippen LogP contribution in [0.25, 0.3) is 0 Å². The molecule has 0 saturated heterocycles. The summed E-state index contributed by atoms with van der Waals surface area (Å²) in [6.07, 6.45) is 1.53. The fourth-order valence-corrected chi connectivity index (χ4v) is 1.54. The van der Waals surface area contributed by atoms with Crippen molar-refractivity contribution in [2.75, 3.05) is 39.6 Å². The second-order valence-electron chi connectivity index (χ2n) is 4.50. The van der Waals surface area contributed by atoms with E-state index in [4.69, 9.17) is 4.74 Å². The Morgan fingerprint density at radius 2 is 2.06 bits per heavy atom. The molecule has 0 aromatic carbocycles. The molecule has 1 heterocycles. The van der Waals surface area contributed by atoms with Gasteiger partial charge in [-0.3, -0.25) is 0 Å². The Morgan fingerprint density at radius 3 is 2.59 bits per heavy atom. The minimum atomic E-state index is 0.327. The molecule has 5 heteroatoms. The Bertz CT molecular complexity index is 352. The maximum atomic E-state index is 5.72. The van der Waals surface area contributed by atoms with Crippen LogP contribution in [-0.2, 0) is 0 Å². The van der Waals surface area contributed by atoms with Gasteiger partial charge >= 0.3 is 0 Å². The molecule has 0 bridgehead atoms. The van der Waals surface area contributed by atoms with Crippen molar-refractivity contribution in [1.29, 1.82) is 0 Å². The lowest BCUT2D eigenvalue weighted by molar-refractivity contribution is 0.251. The van der Waals surface area contributed by atoms with Gasteiger partial charge in [0.1, 0.15) is 18.8 Å². The summed E-state index contributed by atoms with van der Waals surface area (Å²) in [6.45, 7) is 5.72. The standard InChI is InChI=1S/C12H22N4O/c1-9(2)10-11(13-3)14-8-15-12(10)17-7-6-16(4)5/h8-9H,6-7H2,1-5H3,(H,13,14,15). The molecule has 1 aromatic rings. The summed E-state index contributed by atoms with van der Waals surface area (Å²) in [5, 5.41) is 3.07. The fourth-order valence-electron chi connectivity index (χ4n) is 1.54. The van der Waals surface area contributed by atoms with Crippen molar-refractivity contribution in [2.45, 2.75) is 19.8 Å². The summed E-state index contributed by atoms with van der Waals surface area (Å²) in [5.41, 5.74) is 1.04.